The van der Waals surface area contributed by atoms with Crippen LogP contribution in [0.15, 0.2) is 18.2 Å². The molecule has 1 saturated carbocycles. The quantitative estimate of drug-likeness (QED) is 0.367. The molecule has 3 N–H and O–H groups in total. The molecule has 0 saturated heterocycles. The first-order chi connectivity index (χ1) is 16.2. The van der Waals surface area contributed by atoms with E-state index in [0.717, 1.165) is 18.5 Å². The zero-order chi connectivity index (χ0) is 24.8. The van der Waals surface area contributed by atoms with Crippen LogP contribution in [0.3, 0.4) is 0 Å². The summed E-state index contributed by atoms with van der Waals surface area (Å²) in [4.78, 5) is 35.6. The summed E-state index contributed by atoms with van der Waals surface area (Å²) in [5, 5.41) is 22.6. The maximum Gasteiger partial charge on any atom is 0.424 e. The Balaban J connectivity index is 1.53. The van der Waals surface area contributed by atoms with Gasteiger partial charge < -0.3 is 24.6 Å². The van der Waals surface area contributed by atoms with E-state index in [0.29, 0.717) is 18.5 Å². The first kappa shape index (κ1) is 24.8. The lowest BCUT2D eigenvalue weighted by atomic mass is 10.0. The monoisotopic (exact) mass is 475 g/mol. The minimum absolute atomic E-state index is 0.0242. The molecule has 2 aromatic rings. The maximum absolute atomic E-state index is 12.3. The average Bonchev–Trinajstić information content (AvgIpc) is 3.46. The Hall–Kier alpha value is -3.80. The second kappa shape index (κ2) is 10.9. The molecular weight excluding hydrogens is 446 g/mol. The average molecular weight is 476 g/mol. The van der Waals surface area contributed by atoms with Crippen LogP contribution in [-0.2, 0) is 9.53 Å². The Bertz CT molecular complexity index is 1040. The first-order valence-electron chi connectivity index (χ1n) is 10.7. The van der Waals surface area contributed by atoms with Crippen LogP contribution in [0.1, 0.15) is 41.2 Å². The summed E-state index contributed by atoms with van der Waals surface area (Å²) in [6.45, 7) is -0.406. The van der Waals surface area contributed by atoms with Crippen LogP contribution >= 0.6 is 0 Å². The van der Waals surface area contributed by atoms with Crippen LogP contribution in [0.4, 0.5) is 10.6 Å². The molecule has 12 nitrogen and oxygen atoms in total. The smallest absolute Gasteiger partial charge is 0.424 e. The van der Waals surface area contributed by atoms with Gasteiger partial charge in [0.25, 0.3) is 5.91 Å². The van der Waals surface area contributed by atoms with E-state index in [2.05, 4.69) is 15.5 Å². The number of aromatic hydroxyl groups is 1. The predicted molar refractivity (Wildman–Crippen MR) is 121 cm³/mol. The largest absolute Gasteiger partial charge is 0.507 e. The van der Waals surface area contributed by atoms with Gasteiger partial charge in [-0.3, -0.25) is 14.7 Å². The number of methoxy groups -OCH3 is 1. The summed E-state index contributed by atoms with van der Waals surface area (Å²) < 4.78 is 16.0. The van der Waals surface area contributed by atoms with E-state index in [4.69, 9.17) is 14.2 Å². The predicted octanol–water partition coefficient (Wildman–Crippen LogP) is 2.13. The van der Waals surface area contributed by atoms with Crippen LogP contribution < -0.4 is 14.8 Å². The van der Waals surface area contributed by atoms with E-state index >= 15 is 0 Å². The van der Waals surface area contributed by atoms with Gasteiger partial charge in [-0.1, -0.05) is 0 Å². The van der Waals surface area contributed by atoms with Crippen LogP contribution in [0.5, 0.6) is 17.2 Å². The number of hydrazine groups is 1. The van der Waals surface area contributed by atoms with Crippen molar-refractivity contribution < 1.29 is 33.7 Å². The van der Waals surface area contributed by atoms with Crippen LogP contribution in [0, 0.1) is 0 Å². The number of benzene rings is 1. The number of ether oxygens (including phenoxy) is 3. The maximum atomic E-state index is 12.3. The lowest BCUT2D eigenvalue weighted by Gasteiger charge is -2.25. The van der Waals surface area contributed by atoms with Crippen molar-refractivity contribution in [3.8, 4) is 17.2 Å². The molecule has 3 rings (SSSR count). The molecule has 1 aromatic heterocycles. The van der Waals surface area contributed by atoms with Crippen molar-refractivity contribution in [3.05, 3.63) is 29.5 Å². The minimum atomic E-state index is -0.498. The fourth-order valence-corrected chi connectivity index (χ4v) is 3.59. The summed E-state index contributed by atoms with van der Waals surface area (Å²) in [5.74, 6) is -0.0643. The number of aromatic amines is 1. The number of nitrogens with zero attached hydrogens (tertiary/aromatic N) is 3. The third-order valence-electron chi connectivity index (χ3n) is 5.63. The van der Waals surface area contributed by atoms with Gasteiger partial charge in [0.2, 0.25) is 0 Å². The second-order valence-corrected chi connectivity index (χ2v) is 8.11. The number of phenols is 1. The number of H-pyrrole nitrogens is 1. The first-order valence-corrected chi connectivity index (χ1v) is 10.7. The number of hydrogen-bond acceptors (Lipinski definition) is 9. The van der Waals surface area contributed by atoms with Gasteiger partial charge in [-0.05, 0) is 19.3 Å². The molecule has 34 heavy (non-hydrogen) atoms. The van der Waals surface area contributed by atoms with Gasteiger partial charge in [-0.15, -0.1) is 0 Å². The van der Waals surface area contributed by atoms with Crippen molar-refractivity contribution in [2.75, 3.05) is 40.2 Å². The van der Waals surface area contributed by atoms with E-state index < -0.39 is 18.6 Å². The number of carbonyl (C=O) groups is 3. The molecule has 0 spiro atoms. The Kier molecular flexibility index (Phi) is 7.95. The van der Waals surface area contributed by atoms with E-state index in [1.54, 1.807) is 32.2 Å². The number of phenolic OH excluding ortho intramolecular Hbond substituents is 1. The van der Waals surface area contributed by atoms with Crippen molar-refractivity contribution in [1.29, 1.82) is 0 Å². The molecule has 0 bridgehead atoms. The molecule has 12 heteroatoms. The lowest BCUT2D eigenvalue weighted by Crippen LogP contribution is -2.40. The molecule has 0 aliphatic heterocycles. The molecule has 0 radical (unpaired) electrons. The third kappa shape index (κ3) is 5.95. The SMILES string of the molecule is COc1cc(O)c(C=O)c(OCC(=O)Nc2cc([C@H]3CC[C@@H](OC(=O)N(C)N(C)C)C3)[nH]n2)c1. The van der Waals surface area contributed by atoms with Gasteiger partial charge in [-0.2, -0.15) is 5.10 Å². The van der Waals surface area contributed by atoms with E-state index in [1.165, 1.54) is 24.3 Å². The van der Waals surface area contributed by atoms with Crippen LogP contribution in [0.25, 0.3) is 0 Å². The van der Waals surface area contributed by atoms with E-state index in [-0.39, 0.29) is 34.8 Å². The number of anilines is 1. The summed E-state index contributed by atoms with van der Waals surface area (Å²) in [6.07, 6.45) is 2.04. The van der Waals surface area contributed by atoms with Gasteiger partial charge in [0.05, 0.1) is 12.7 Å². The summed E-state index contributed by atoms with van der Waals surface area (Å²) >= 11 is 0. The summed E-state index contributed by atoms with van der Waals surface area (Å²) in [5.41, 5.74) is 0.751. The lowest BCUT2D eigenvalue weighted by molar-refractivity contribution is -0.118. The molecule has 2 atom stereocenters. The van der Waals surface area contributed by atoms with Crippen LogP contribution in [0.2, 0.25) is 0 Å². The van der Waals surface area contributed by atoms with Crippen molar-refractivity contribution >= 4 is 24.1 Å². The van der Waals surface area contributed by atoms with Gasteiger partial charge in [0.15, 0.2) is 18.7 Å². The molecule has 1 aliphatic carbocycles. The summed E-state index contributed by atoms with van der Waals surface area (Å²) in [7, 11) is 6.55. The molecule has 2 amide bonds. The number of hydrogen-bond donors (Lipinski definition) is 3. The molecule has 1 heterocycles. The standard InChI is InChI=1S/C22H29N5O7/c1-26(2)27(3)22(31)34-14-6-5-13(7-14)17-10-20(25-24-17)23-21(30)12-33-19-9-15(32-4)8-18(29)16(19)11-28/h8-11,13-14,29H,5-7,12H2,1-4H3,(H2,23,24,25,30)/t13-,14+/m0/s1. The highest BCUT2D eigenvalue weighted by Gasteiger charge is 2.31. The summed E-state index contributed by atoms with van der Waals surface area (Å²) in [6, 6.07) is 4.41. The Labute approximate surface area is 196 Å². The number of nitrogens with one attached hydrogen (secondary N) is 2. The third-order valence-corrected chi connectivity index (χ3v) is 5.63. The normalized spacial score (nSPS) is 17.3. The van der Waals surface area contributed by atoms with Crippen molar-refractivity contribution in [2.24, 2.45) is 0 Å². The molecule has 184 valence electrons. The zero-order valence-corrected chi connectivity index (χ0v) is 19.5. The highest BCUT2D eigenvalue weighted by Crippen LogP contribution is 2.36. The number of aromatic nitrogens is 2. The number of aldehydes is 1. The van der Waals surface area contributed by atoms with Gasteiger partial charge in [0.1, 0.15) is 23.4 Å². The van der Waals surface area contributed by atoms with E-state index in [9.17, 15) is 19.5 Å². The Morgan fingerprint density at radius 2 is 2.03 bits per heavy atom. The van der Waals surface area contributed by atoms with Crippen molar-refractivity contribution in [3.63, 3.8) is 0 Å². The highest BCUT2D eigenvalue weighted by molar-refractivity contribution is 5.91. The second-order valence-electron chi connectivity index (χ2n) is 8.11. The fraction of sp³-hybridized carbons (Fsp3) is 0.455. The molecule has 0 unspecified atom stereocenters. The van der Waals surface area contributed by atoms with Crippen LogP contribution in [-0.4, -0.2) is 84.6 Å². The zero-order valence-electron chi connectivity index (χ0n) is 19.5. The minimum Gasteiger partial charge on any atom is -0.507 e. The van der Waals surface area contributed by atoms with Gasteiger partial charge in [0, 0.05) is 51.0 Å². The number of carbonyl (C=O) groups excluding carboxylic acids is 3. The highest BCUT2D eigenvalue weighted by atomic mass is 16.6. The molecule has 1 fully saturated rings. The van der Waals surface area contributed by atoms with Gasteiger partial charge in [-0.25, -0.2) is 14.8 Å². The Morgan fingerprint density at radius 1 is 1.26 bits per heavy atom. The topological polar surface area (TPSA) is 146 Å². The molecule has 1 aromatic carbocycles. The fourth-order valence-electron chi connectivity index (χ4n) is 3.59. The van der Waals surface area contributed by atoms with Crippen molar-refractivity contribution in [2.45, 2.75) is 31.3 Å². The van der Waals surface area contributed by atoms with E-state index in [1.807, 2.05) is 0 Å². The van der Waals surface area contributed by atoms with Crippen molar-refractivity contribution in [1.82, 2.24) is 20.2 Å². The number of amides is 2. The Morgan fingerprint density at radius 3 is 2.71 bits per heavy atom. The van der Waals surface area contributed by atoms with Gasteiger partial charge >= 0.3 is 6.09 Å². The molecular formula is C22H29N5O7. The number of rotatable bonds is 9. The molecule has 1 aliphatic rings.